The molecule has 0 saturated carbocycles. The first-order valence-electron chi connectivity index (χ1n) is 8.67. The van der Waals surface area contributed by atoms with Crippen LogP contribution >= 0.6 is 11.6 Å². The highest BCUT2D eigenvalue weighted by Gasteiger charge is 2.32. The predicted octanol–water partition coefficient (Wildman–Crippen LogP) is 3.95. The highest BCUT2D eigenvalue weighted by molar-refractivity contribution is 6.29. The van der Waals surface area contributed by atoms with E-state index < -0.39 is 0 Å². The molecule has 1 atom stereocenters. The van der Waals surface area contributed by atoms with Crippen LogP contribution in [0, 0.1) is 6.92 Å². The van der Waals surface area contributed by atoms with Crippen molar-refractivity contribution in [3.8, 4) is 11.5 Å². The molecule has 0 N–H and O–H groups in total. The van der Waals surface area contributed by atoms with Gasteiger partial charge in [0.25, 0.3) is 0 Å². The number of carbonyl (C=O) groups is 1. The molecule has 3 rings (SSSR count). The van der Waals surface area contributed by atoms with Crippen LogP contribution in [-0.4, -0.2) is 36.7 Å². The van der Waals surface area contributed by atoms with Crippen LogP contribution in [-0.2, 0) is 11.2 Å². The molecule has 7 heteroatoms. The van der Waals surface area contributed by atoms with Gasteiger partial charge in [-0.15, -0.1) is 0 Å². The highest BCUT2D eigenvalue weighted by Crippen LogP contribution is 2.39. The van der Waals surface area contributed by atoms with Crippen LogP contribution in [0.4, 0.5) is 0 Å². The summed E-state index contributed by atoms with van der Waals surface area (Å²) >= 11 is 6.00. The first kappa shape index (κ1) is 18.6. The molecular weight excluding hydrogens is 356 g/mol. The lowest BCUT2D eigenvalue weighted by atomic mass is 10.0. The number of nitrogens with zero attached hydrogens (tertiary/aromatic N) is 2. The number of benzene rings is 1. The standard InChI is InChI=1S/C19H23ClN2O4/c1-12-14(19(20)26-21-12)7-9-18(23)22-10-4-5-16(22)15-11-13(24-2)6-8-17(15)25-3/h6,8,11,16H,4-5,7,9-10H2,1-3H3. The summed E-state index contributed by atoms with van der Waals surface area (Å²) in [7, 11) is 3.28. The minimum absolute atomic E-state index is 0.00778. The van der Waals surface area contributed by atoms with E-state index >= 15 is 0 Å². The van der Waals surface area contributed by atoms with Gasteiger partial charge in [0.1, 0.15) is 11.5 Å². The number of likely N-dealkylation sites (tertiary alicyclic amines) is 1. The molecule has 0 bridgehead atoms. The second-order valence-corrected chi connectivity index (χ2v) is 6.72. The lowest BCUT2D eigenvalue weighted by Gasteiger charge is -2.26. The van der Waals surface area contributed by atoms with Crippen LogP contribution in [0.25, 0.3) is 0 Å². The maximum Gasteiger partial charge on any atom is 0.229 e. The summed E-state index contributed by atoms with van der Waals surface area (Å²) in [6.45, 7) is 2.56. The van der Waals surface area contributed by atoms with Crippen molar-refractivity contribution in [2.45, 2.75) is 38.6 Å². The van der Waals surface area contributed by atoms with Gasteiger partial charge in [-0.2, -0.15) is 0 Å². The van der Waals surface area contributed by atoms with Crippen molar-refractivity contribution in [3.05, 3.63) is 40.2 Å². The van der Waals surface area contributed by atoms with E-state index in [1.54, 1.807) is 14.2 Å². The maximum absolute atomic E-state index is 12.9. The van der Waals surface area contributed by atoms with E-state index in [-0.39, 0.29) is 17.2 Å². The van der Waals surface area contributed by atoms with Gasteiger partial charge in [-0.05, 0) is 56.0 Å². The molecule has 6 nitrogen and oxygen atoms in total. The number of aryl methyl sites for hydroxylation is 1. The van der Waals surface area contributed by atoms with E-state index in [4.69, 9.17) is 25.6 Å². The second kappa shape index (κ2) is 7.99. The van der Waals surface area contributed by atoms with Gasteiger partial charge in [0.2, 0.25) is 11.1 Å². The zero-order valence-electron chi connectivity index (χ0n) is 15.3. The van der Waals surface area contributed by atoms with Crippen LogP contribution in [0.1, 0.15) is 42.1 Å². The number of hydrogen-bond acceptors (Lipinski definition) is 5. The van der Waals surface area contributed by atoms with E-state index in [1.807, 2.05) is 30.0 Å². The van der Waals surface area contributed by atoms with Crippen LogP contribution in [0.3, 0.4) is 0 Å². The Balaban J connectivity index is 1.76. The van der Waals surface area contributed by atoms with Gasteiger partial charge in [0.05, 0.1) is 26.0 Å². The maximum atomic E-state index is 12.9. The zero-order chi connectivity index (χ0) is 18.7. The normalized spacial score (nSPS) is 16.8. The molecule has 140 valence electrons. The molecule has 2 aromatic rings. The third-order valence-electron chi connectivity index (χ3n) is 4.89. The van der Waals surface area contributed by atoms with Crippen LogP contribution < -0.4 is 9.47 Å². The van der Waals surface area contributed by atoms with Crippen molar-refractivity contribution in [2.24, 2.45) is 0 Å². The first-order chi connectivity index (χ1) is 12.5. The Labute approximate surface area is 158 Å². The number of aromatic nitrogens is 1. The summed E-state index contributed by atoms with van der Waals surface area (Å²) in [5.74, 6) is 1.62. The van der Waals surface area contributed by atoms with Crippen LogP contribution in [0.5, 0.6) is 11.5 Å². The van der Waals surface area contributed by atoms with Crippen molar-refractivity contribution < 1.29 is 18.8 Å². The highest BCUT2D eigenvalue weighted by atomic mass is 35.5. The lowest BCUT2D eigenvalue weighted by molar-refractivity contribution is -0.132. The average Bonchev–Trinajstić information content (AvgIpc) is 3.26. The molecule has 26 heavy (non-hydrogen) atoms. The Hall–Kier alpha value is -2.21. The summed E-state index contributed by atoms with van der Waals surface area (Å²) in [6, 6.07) is 5.69. The lowest BCUT2D eigenvalue weighted by Crippen LogP contribution is -2.31. The fourth-order valence-electron chi connectivity index (χ4n) is 3.50. The Morgan fingerprint density at radius 1 is 1.38 bits per heavy atom. The molecular formula is C19H23ClN2O4. The molecule has 1 aromatic heterocycles. The van der Waals surface area contributed by atoms with Gasteiger partial charge in [-0.1, -0.05) is 5.16 Å². The molecule has 1 saturated heterocycles. The number of carbonyl (C=O) groups excluding carboxylic acids is 1. The fourth-order valence-corrected chi connectivity index (χ4v) is 3.77. The number of rotatable bonds is 6. The minimum atomic E-state index is -0.00778. The smallest absolute Gasteiger partial charge is 0.229 e. The predicted molar refractivity (Wildman–Crippen MR) is 97.8 cm³/mol. The monoisotopic (exact) mass is 378 g/mol. The van der Waals surface area contributed by atoms with Gasteiger partial charge in [-0.3, -0.25) is 4.79 Å². The topological polar surface area (TPSA) is 64.8 Å². The number of methoxy groups -OCH3 is 2. The molecule has 1 unspecified atom stereocenters. The molecule has 2 heterocycles. The summed E-state index contributed by atoms with van der Waals surface area (Å²) in [4.78, 5) is 14.8. The van der Waals surface area contributed by atoms with Crippen molar-refractivity contribution in [3.63, 3.8) is 0 Å². The third kappa shape index (κ3) is 3.65. The second-order valence-electron chi connectivity index (χ2n) is 6.37. The minimum Gasteiger partial charge on any atom is -0.497 e. The Kier molecular flexibility index (Phi) is 5.71. The Bertz CT molecular complexity index is 770. The number of hydrogen-bond donors (Lipinski definition) is 0. The van der Waals surface area contributed by atoms with Gasteiger partial charge >= 0.3 is 0 Å². The van der Waals surface area contributed by atoms with Crippen LogP contribution in [0.2, 0.25) is 5.22 Å². The molecule has 1 amide bonds. The quantitative estimate of drug-likeness (QED) is 0.761. The molecule has 0 aliphatic carbocycles. The Morgan fingerprint density at radius 3 is 2.85 bits per heavy atom. The largest absolute Gasteiger partial charge is 0.497 e. The van der Waals surface area contributed by atoms with E-state index in [0.717, 1.165) is 47.7 Å². The van der Waals surface area contributed by atoms with E-state index in [9.17, 15) is 4.79 Å². The average molecular weight is 379 g/mol. The Morgan fingerprint density at radius 2 is 2.19 bits per heavy atom. The molecule has 1 aromatic carbocycles. The number of ether oxygens (including phenoxy) is 2. The first-order valence-corrected chi connectivity index (χ1v) is 9.05. The summed E-state index contributed by atoms with van der Waals surface area (Å²) in [6.07, 6.45) is 2.75. The molecule has 1 fully saturated rings. The van der Waals surface area contributed by atoms with E-state index in [2.05, 4.69) is 5.16 Å². The van der Waals surface area contributed by atoms with Gasteiger partial charge < -0.3 is 18.9 Å². The molecule has 0 radical (unpaired) electrons. The molecule has 1 aliphatic heterocycles. The zero-order valence-corrected chi connectivity index (χ0v) is 16.0. The SMILES string of the molecule is COc1ccc(OC)c(C2CCCN2C(=O)CCc2c(C)noc2Cl)c1. The summed E-state index contributed by atoms with van der Waals surface area (Å²) in [5, 5.41) is 4.10. The summed E-state index contributed by atoms with van der Waals surface area (Å²) < 4.78 is 15.8. The number of amides is 1. The molecule has 1 aliphatic rings. The van der Waals surface area contributed by atoms with Crippen molar-refractivity contribution in [2.75, 3.05) is 20.8 Å². The van der Waals surface area contributed by atoms with Crippen molar-refractivity contribution in [1.82, 2.24) is 10.1 Å². The van der Waals surface area contributed by atoms with E-state index in [1.165, 1.54) is 0 Å². The summed E-state index contributed by atoms with van der Waals surface area (Å²) in [5.41, 5.74) is 2.52. The molecule has 0 spiro atoms. The number of halogens is 1. The van der Waals surface area contributed by atoms with E-state index in [0.29, 0.717) is 12.8 Å². The van der Waals surface area contributed by atoms with Crippen molar-refractivity contribution >= 4 is 17.5 Å². The third-order valence-corrected chi connectivity index (χ3v) is 5.19. The fraction of sp³-hybridized carbons (Fsp3) is 0.474. The van der Waals surface area contributed by atoms with Gasteiger partial charge in [0.15, 0.2) is 0 Å². The van der Waals surface area contributed by atoms with Gasteiger partial charge in [0, 0.05) is 24.1 Å². The van der Waals surface area contributed by atoms with Gasteiger partial charge in [-0.25, -0.2) is 0 Å². The van der Waals surface area contributed by atoms with Crippen LogP contribution in [0.15, 0.2) is 22.7 Å². The van der Waals surface area contributed by atoms with Crippen molar-refractivity contribution in [1.29, 1.82) is 0 Å².